The number of hydrogen-bond acceptors (Lipinski definition) is 5. The van der Waals surface area contributed by atoms with Crippen LogP contribution in [0.5, 0.6) is 0 Å². The van der Waals surface area contributed by atoms with Crippen molar-refractivity contribution >= 4 is 6.03 Å². The number of carbonyl (C=O) groups is 1. The Morgan fingerprint density at radius 3 is 2.67 bits per heavy atom. The van der Waals surface area contributed by atoms with Crippen molar-refractivity contribution < 1.29 is 14.1 Å². The molecule has 1 aromatic carbocycles. The Morgan fingerprint density at radius 1 is 1.26 bits per heavy atom. The van der Waals surface area contributed by atoms with Crippen LogP contribution >= 0.6 is 0 Å². The van der Waals surface area contributed by atoms with Crippen molar-refractivity contribution in [2.24, 2.45) is 5.41 Å². The van der Waals surface area contributed by atoms with Crippen molar-refractivity contribution in [2.75, 3.05) is 26.3 Å². The predicted molar refractivity (Wildman–Crippen MR) is 99.2 cm³/mol. The normalized spacial score (nSPS) is 21.6. The van der Waals surface area contributed by atoms with Gasteiger partial charge in [-0.3, -0.25) is 0 Å². The number of hydrogen-bond donors (Lipinski definition) is 1. The largest absolute Gasteiger partial charge is 0.381 e. The molecule has 144 valence electrons. The van der Waals surface area contributed by atoms with Crippen molar-refractivity contribution in [3.8, 4) is 0 Å². The summed E-state index contributed by atoms with van der Waals surface area (Å²) in [6.07, 6.45) is 1.81. The molecule has 2 amide bonds. The predicted octanol–water partition coefficient (Wildman–Crippen LogP) is 2.79. The van der Waals surface area contributed by atoms with Crippen molar-refractivity contribution in [2.45, 2.75) is 39.2 Å². The molecule has 2 aliphatic rings. The first-order chi connectivity index (χ1) is 13.1. The van der Waals surface area contributed by atoms with Gasteiger partial charge >= 0.3 is 6.03 Å². The third-order valence-electron chi connectivity index (χ3n) is 5.83. The molecule has 1 atom stereocenters. The van der Waals surface area contributed by atoms with Crippen molar-refractivity contribution in [3.63, 3.8) is 0 Å². The molecular formula is C20H26N4O3. The Morgan fingerprint density at radius 2 is 2.00 bits per heavy atom. The zero-order valence-corrected chi connectivity index (χ0v) is 15.9. The second-order valence-corrected chi connectivity index (χ2v) is 7.73. The Hall–Kier alpha value is -2.41. The zero-order valence-electron chi connectivity index (χ0n) is 15.9. The minimum Gasteiger partial charge on any atom is -0.381 e. The molecule has 4 rings (SSSR count). The number of amides is 2. The molecule has 1 unspecified atom stereocenters. The molecule has 1 N–H and O–H groups in total. The quantitative estimate of drug-likeness (QED) is 0.899. The summed E-state index contributed by atoms with van der Waals surface area (Å²) < 4.78 is 11.1. The molecular weight excluding hydrogens is 344 g/mol. The van der Waals surface area contributed by atoms with Crippen molar-refractivity contribution in [1.82, 2.24) is 20.4 Å². The average molecular weight is 370 g/mol. The fraction of sp³-hybridized carbons (Fsp3) is 0.550. The summed E-state index contributed by atoms with van der Waals surface area (Å²) in [5.41, 5.74) is 2.26. The lowest BCUT2D eigenvalue weighted by Gasteiger charge is -2.36. The Balaban J connectivity index is 1.46. The number of likely N-dealkylation sites (tertiary alicyclic amines) is 1. The first-order valence-electron chi connectivity index (χ1n) is 9.52. The van der Waals surface area contributed by atoms with Crippen LogP contribution in [-0.4, -0.2) is 47.4 Å². The van der Waals surface area contributed by atoms with E-state index in [0.29, 0.717) is 44.6 Å². The molecule has 0 bridgehead atoms. The standard InChI is InChI=1S/C20H26N4O3/c1-14-3-5-16(6-4-14)11-21-19(25)24-12-17(18-22-15(2)23-27-18)20(13-24)7-9-26-10-8-20/h3-6,17H,7-13H2,1-2H3,(H,21,25). The maximum absolute atomic E-state index is 12.8. The second kappa shape index (κ2) is 7.31. The molecule has 0 radical (unpaired) electrons. The van der Waals surface area contributed by atoms with Crippen LogP contribution < -0.4 is 5.32 Å². The zero-order chi connectivity index (χ0) is 18.9. The van der Waals surface area contributed by atoms with E-state index in [2.05, 4.69) is 34.5 Å². The summed E-state index contributed by atoms with van der Waals surface area (Å²) in [6.45, 7) is 7.12. The number of benzene rings is 1. The summed E-state index contributed by atoms with van der Waals surface area (Å²) in [7, 11) is 0. The van der Waals surface area contributed by atoms with Gasteiger partial charge in [-0.2, -0.15) is 4.98 Å². The van der Waals surface area contributed by atoms with Crippen molar-refractivity contribution in [1.29, 1.82) is 0 Å². The smallest absolute Gasteiger partial charge is 0.317 e. The summed E-state index contributed by atoms with van der Waals surface area (Å²) in [5.74, 6) is 1.34. The topological polar surface area (TPSA) is 80.5 Å². The Labute approximate surface area is 159 Å². The van der Waals surface area contributed by atoms with Gasteiger partial charge in [0.25, 0.3) is 0 Å². The molecule has 27 heavy (non-hydrogen) atoms. The van der Waals surface area contributed by atoms with E-state index in [-0.39, 0.29) is 17.4 Å². The number of nitrogens with one attached hydrogen (secondary N) is 1. The number of nitrogens with zero attached hydrogens (tertiary/aromatic N) is 3. The fourth-order valence-electron chi connectivity index (χ4n) is 4.20. The molecule has 2 aromatic rings. The number of rotatable bonds is 3. The van der Waals surface area contributed by atoms with Gasteiger partial charge in [-0.1, -0.05) is 35.0 Å². The third kappa shape index (κ3) is 3.69. The molecule has 1 spiro atoms. The third-order valence-corrected chi connectivity index (χ3v) is 5.83. The van der Waals surface area contributed by atoms with E-state index < -0.39 is 0 Å². The summed E-state index contributed by atoms with van der Waals surface area (Å²) in [4.78, 5) is 19.2. The van der Waals surface area contributed by atoms with Crippen LogP contribution in [0.3, 0.4) is 0 Å². The highest BCUT2D eigenvalue weighted by molar-refractivity contribution is 5.74. The molecule has 2 fully saturated rings. The minimum absolute atomic E-state index is 0.0415. The highest BCUT2D eigenvalue weighted by Crippen LogP contribution is 2.49. The van der Waals surface area contributed by atoms with Gasteiger partial charge in [0.2, 0.25) is 5.89 Å². The molecule has 7 heteroatoms. The molecule has 0 aliphatic carbocycles. The summed E-state index contributed by atoms with van der Waals surface area (Å²) in [5, 5.41) is 7.00. The number of aromatic nitrogens is 2. The van der Waals surface area contributed by atoms with E-state index in [9.17, 15) is 4.79 Å². The van der Waals surface area contributed by atoms with Gasteiger partial charge < -0.3 is 19.5 Å². The van der Waals surface area contributed by atoms with Crippen LogP contribution in [0.2, 0.25) is 0 Å². The Bertz CT molecular complexity index is 796. The summed E-state index contributed by atoms with van der Waals surface area (Å²) in [6, 6.07) is 8.16. The van der Waals surface area contributed by atoms with Gasteiger partial charge in [-0.15, -0.1) is 0 Å². The van der Waals surface area contributed by atoms with E-state index in [0.717, 1.165) is 18.4 Å². The van der Waals surface area contributed by atoms with Crippen LogP contribution in [0.15, 0.2) is 28.8 Å². The molecule has 7 nitrogen and oxygen atoms in total. The van der Waals surface area contributed by atoms with Crippen LogP contribution in [0.4, 0.5) is 4.79 Å². The number of aryl methyl sites for hydroxylation is 2. The number of carbonyl (C=O) groups excluding carboxylic acids is 1. The van der Waals surface area contributed by atoms with Gasteiger partial charge in [0.05, 0.1) is 5.92 Å². The lowest BCUT2D eigenvalue weighted by Crippen LogP contribution is -2.41. The second-order valence-electron chi connectivity index (χ2n) is 7.73. The molecule has 0 saturated carbocycles. The van der Waals surface area contributed by atoms with Crippen LogP contribution in [0.25, 0.3) is 0 Å². The van der Waals surface area contributed by atoms with Gasteiger partial charge in [0.15, 0.2) is 5.82 Å². The van der Waals surface area contributed by atoms with E-state index in [1.807, 2.05) is 24.0 Å². The average Bonchev–Trinajstić information content (AvgIpc) is 3.25. The monoisotopic (exact) mass is 370 g/mol. The van der Waals surface area contributed by atoms with E-state index in [1.165, 1.54) is 5.56 Å². The van der Waals surface area contributed by atoms with E-state index in [4.69, 9.17) is 9.26 Å². The lowest BCUT2D eigenvalue weighted by molar-refractivity contribution is 0.00942. The summed E-state index contributed by atoms with van der Waals surface area (Å²) >= 11 is 0. The van der Waals surface area contributed by atoms with Gasteiger partial charge in [-0.05, 0) is 32.3 Å². The van der Waals surface area contributed by atoms with E-state index in [1.54, 1.807) is 0 Å². The van der Waals surface area contributed by atoms with Crippen LogP contribution in [0, 0.1) is 19.3 Å². The van der Waals surface area contributed by atoms with Gasteiger partial charge in [0.1, 0.15) is 0 Å². The van der Waals surface area contributed by atoms with Gasteiger partial charge in [-0.25, -0.2) is 4.79 Å². The SMILES string of the molecule is Cc1ccc(CNC(=O)N2CC(c3nc(C)no3)C3(CCOCC3)C2)cc1. The highest BCUT2D eigenvalue weighted by Gasteiger charge is 2.51. The molecule has 1 aromatic heterocycles. The van der Waals surface area contributed by atoms with Crippen molar-refractivity contribution in [3.05, 3.63) is 47.1 Å². The van der Waals surface area contributed by atoms with Crippen LogP contribution in [-0.2, 0) is 11.3 Å². The number of ether oxygens (including phenoxy) is 1. The first kappa shape index (κ1) is 18.0. The maximum atomic E-state index is 12.8. The fourth-order valence-corrected chi connectivity index (χ4v) is 4.20. The molecule has 2 saturated heterocycles. The highest BCUT2D eigenvalue weighted by atomic mass is 16.5. The van der Waals surface area contributed by atoms with Crippen LogP contribution in [0.1, 0.15) is 41.6 Å². The van der Waals surface area contributed by atoms with E-state index >= 15 is 0 Å². The molecule has 2 aliphatic heterocycles. The minimum atomic E-state index is -0.0432. The first-order valence-corrected chi connectivity index (χ1v) is 9.52. The number of urea groups is 1. The van der Waals surface area contributed by atoms with Gasteiger partial charge in [0, 0.05) is 38.3 Å². The Kier molecular flexibility index (Phi) is 4.86. The maximum Gasteiger partial charge on any atom is 0.317 e. The lowest BCUT2D eigenvalue weighted by atomic mass is 9.72. The molecule has 3 heterocycles.